The third-order valence-electron chi connectivity index (χ3n) is 6.56. The highest BCUT2D eigenvalue weighted by molar-refractivity contribution is 7.22. The van der Waals surface area contributed by atoms with Gasteiger partial charge >= 0.3 is 5.91 Å². The van der Waals surface area contributed by atoms with E-state index in [4.69, 9.17) is 0 Å². The van der Waals surface area contributed by atoms with Crippen LogP contribution in [0.5, 0.6) is 0 Å². The molecule has 168 valence electrons. The Balaban J connectivity index is 1.53. The van der Waals surface area contributed by atoms with Gasteiger partial charge in [0.25, 0.3) is 5.78 Å². The molecule has 4 aromatic rings. The van der Waals surface area contributed by atoms with Crippen LogP contribution in [0.3, 0.4) is 0 Å². The summed E-state index contributed by atoms with van der Waals surface area (Å²) in [5.74, 6) is -1.58. The van der Waals surface area contributed by atoms with Crippen molar-refractivity contribution in [2.45, 2.75) is 31.7 Å². The number of aliphatic hydroxyl groups is 1. The fraction of sp³-hybridized carbons (Fsp3) is 0.185. The predicted octanol–water partition coefficient (Wildman–Crippen LogP) is 5.20. The number of fused-ring (bicyclic) bond motifs is 2. The number of pyridine rings is 1. The Morgan fingerprint density at radius 1 is 1.00 bits per heavy atom. The number of Topliss-reactive ketones (excluding diaryl/α,β-unsaturated/α-hetero) is 1. The molecule has 1 amide bonds. The molecule has 1 N–H and O–H groups in total. The highest BCUT2D eigenvalue weighted by Gasteiger charge is 2.48. The summed E-state index contributed by atoms with van der Waals surface area (Å²) in [5.41, 5.74) is 4.48. The first-order valence-corrected chi connectivity index (χ1v) is 12.1. The van der Waals surface area contributed by atoms with Crippen LogP contribution in [0.1, 0.15) is 41.1 Å². The van der Waals surface area contributed by atoms with E-state index in [0.717, 1.165) is 35.9 Å². The number of carbonyl (C=O) groups is 2. The largest absolute Gasteiger partial charge is 0.507 e. The number of benzene rings is 2. The second-order valence-corrected chi connectivity index (χ2v) is 9.62. The lowest BCUT2D eigenvalue weighted by Gasteiger charge is -2.23. The van der Waals surface area contributed by atoms with Crippen molar-refractivity contribution >= 4 is 44.1 Å². The van der Waals surface area contributed by atoms with E-state index in [-0.39, 0.29) is 11.3 Å². The van der Waals surface area contributed by atoms with Gasteiger partial charge in [0.1, 0.15) is 5.76 Å². The van der Waals surface area contributed by atoms with Gasteiger partial charge in [-0.2, -0.15) is 0 Å². The smallest absolute Gasteiger partial charge is 0.301 e. The minimum atomic E-state index is -0.815. The lowest BCUT2D eigenvalue weighted by molar-refractivity contribution is -0.132. The number of aryl methyl sites for hydroxylation is 2. The van der Waals surface area contributed by atoms with E-state index in [2.05, 4.69) is 9.97 Å². The fourth-order valence-corrected chi connectivity index (χ4v) is 5.87. The first-order chi connectivity index (χ1) is 16.6. The molecule has 1 saturated heterocycles. The van der Waals surface area contributed by atoms with E-state index in [9.17, 15) is 14.7 Å². The second-order valence-electron chi connectivity index (χ2n) is 8.61. The molecule has 7 heteroatoms. The second kappa shape index (κ2) is 8.18. The number of rotatable bonds is 3. The minimum Gasteiger partial charge on any atom is -0.507 e. The number of thiazole rings is 1. The first kappa shape index (κ1) is 20.7. The molecule has 34 heavy (non-hydrogen) atoms. The van der Waals surface area contributed by atoms with Gasteiger partial charge in [0, 0.05) is 18.0 Å². The molecule has 1 aliphatic heterocycles. The number of hydrogen-bond donors (Lipinski definition) is 1. The molecular formula is C27H21N3O3S. The van der Waals surface area contributed by atoms with E-state index in [0.29, 0.717) is 16.3 Å². The van der Waals surface area contributed by atoms with Crippen LogP contribution in [0.4, 0.5) is 5.13 Å². The molecule has 6 nitrogen and oxygen atoms in total. The van der Waals surface area contributed by atoms with Crippen LogP contribution in [0.15, 0.2) is 72.6 Å². The molecule has 1 aliphatic carbocycles. The van der Waals surface area contributed by atoms with Crippen LogP contribution in [0, 0.1) is 0 Å². The summed E-state index contributed by atoms with van der Waals surface area (Å²) in [5, 5.41) is 11.8. The van der Waals surface area contributed by atoms with Gasteiger partial charge in [-0.1, -0.05) is 41.7 Å². The van der Waals surface area contributed by atoms with Crippen LogP contribution in [0.25, 0.3) is 16.0 Å². The van der Waals surface area contributed by atoms with Gasteiger partial charge in [-0.15, -0.1) is 0 Å². The molecule has 6 rings (SSSR count). The standard InChI is InChI=1S/C27H21N3O3S/c31-24(18-12-11-16-6-1-2-7-17(16)14-18)22-23(19-8-5-13-28-15-19)30(26(33)25(22)32)27-29-20-9-3-4-10-21(20)34-27/h3-5,8-15,23,31H,1-2,6-7H2/b24-22+. The Bertz CT molecular complexity index is 1440. The van der Waals surface area contributed by atoms with Gasteiger partial charge in [-0.25, -0.2) is 4.98 Å². The Morgan fingerprint density at radius 3 is 2.62 bits per heavy atom. The molecule has 0 bridgehead atoms. The number of aromatic nitrogens is 2. The van der Waals surface area contributed by atoms with E-state index >= 15 is 0 Å². The third kappa shape index (κ3) is 3.31. The third-order valence-corrected chi connectivity index (χ3v) is 7.59. The van der Waals surface area contributed by atoms with Gasteiger partial charge in [0.15, 0.2) is 5.13 Å². The van der Waals surface area contributed by atoms with Gasteiger partial charge < -0.3 is 5.11 Å². The zero-order chi connectivity index (χ0) is 23.2. The summed E-state index contributed by atoms with van der Waals surface area (Å²) in [6, 6.07) is 16.2. The molecule has 0 spiro atoms. The first-order valence-electron chi connectivity index (χ1n) is 11.3. The summed E-state index contributed by atoms with van der Waals surface area (Å²) < 4.78 is 0.916. The maximum Gasteiger partial charge on any atom is 0.301 e. The lowest BCUT2D eigenvalue weighted by atomic mass is 9.89. The van der Waals surface area contributed by atoms with Crippen LogP contribution >= 0.6 is 11.3 Å². The SMILES string of the molecule is O=C1C(=O)N(c2nc3ccccc3s2)C(c2cccnc2)/C1=C(\O)c1ccc2c(c1)CCCC2. The number of aliphatic hydroxyl groups excluding tert-OH is 1. The summed E-state index contributed by atoms with van der Waals surface area (Å²) >= 11 is 1.34. The highest BCUT2D eigenvalue weighted by Crippen LogP contribution is 2.44. The van der Waals surface area contributed by atoms with Crippen LogP contribution in [-0.2, 0) is 22.4 Å². The van der Waals surface area contributed by atoms with Gasteiger partial charge in [-0.05, 0) is 66.6 Å². The molecular weight excluding hydrogens is 446 g/mol. The number of amides is 1. The molecule has 2 aromatic carbocycles. The zero-order valence-electron chi connectivity index (χ0n) is 18.3. The molecule has 2 aliphatic rings. The number of nitrogens with zero attached hydrogens (tertiary/aromatic N) is 3. The quantitative estimate of drug-likeness (QED) is 0.254. The summed E-state index contributed by atoms with van der Waals surface area (Å²) in [7, 11) is 0. The number of ketones is 1. The van der Waals surface area contributed by atoms with Crippen molar-refractivity contribution in [3.8, 4) is 0 Å². The molecule has 1 unspecified atom stereocenters. The van der Waals surface area contributed by atoms with Crippen molar-refractivity contribution in [1.29, 1.82) is 0 Å². The number of para-hydroxylation sites is 1. The zero-order valence-corrected chi connectivity index (χ0v) is 19.1. The van der Waals surface area contributed by atoms with E-state index in [1.54, 1.807) is 18.5 Å². The highest BCUT2D eigenvalue weighted by atomic mass is 32.1. The van der Waals surface area contributed by atoms with Crippen molar-refractivity contribution in [3.05, 3.63) is 94.8 Å². The van der Waals surface area contributed by atoms with Crippen molar-refractivity contribution in [3.63, 3.8) is 0 Å². The number of anilines is 1. The molecule has 0 saturated carbocycles. The van der Waals surface area contributed by atoms with Gasteiger partial charge in [0.05, 0.1) is 21.8 Å². The summed E-state index contributed by atoms with van der Waals surface area (Å²) in [4.78, 5) is 36.9. The Hall–Kier alpha value is -3.84. The van der Waals surface area contributed by atoms with Gasteiger partial charge in [-0.3, -0.25) is 19.5 Å². The molecule has 1 fully saturated rings. The van der Waals surface area contributed by atoms with E-state index in [1.807, 2.05) is 48.5 Å². The lowest BCUT2D eigenvalue weighted by Crippen LogP contribution is -2.29. The molecule has 1 atom stereocenters. The van der Waals surface area contributed by atoms with Crippen molar-refractivity contribution < 1.29 is 14.7 Å². The maximum absolute atomic E-state index is 13.3. The van der Waals surface area contributed by atoms with Crippen LogP contribution in [-0.4, -0.2) is 26.8 Å². The van der Waals surface area contributed by atoms with Crippen molar-refractivity contribution in [1.82, 2.24) is 9.97 Å². The fourth-order valence-electron chi connectivity index (χ4n) is 4.88. The Morgan fingerprint density at radius 2 is 1.82 bits per heavy atom. The monoisotopic (exact) mass is 467 g/mol. The average molecular weight is 468 g/mol. The van der Waals surface area contributed by atoms with Crippen molar-refractivity contribution in [2.75, 3.05) is 4.90 Å². The minimum absolute atomic E-state index is 0.0630. The number of carbonyl (C=O) groups excluding carboxylic acids is 2. The summed E-state index contributed by atoms with van der Waals surface area (Å²) in [6.45, 7) is 0. The predicted molar refractivity (Wildman–Crippen MR) is 132 cm³/mol. The average Bonchev–Trinajstić information content (AvgIpc) is 3.42. The normalized spacial score (nSPS) is 19.5. The molecule has 3 heterocycles. The number of hydrogen-bond acceptors (Lipinski definition) is 6. The van der Waals surface area contributed by atoms with Gasteiger partial charge in [0.2, 0.25) is 0 Å². The van der Waals surface area contributed by atoms with Crippen LogP contribution < -0.4 is 4.90 Å². The Kier molecular flexibility index (Phi) is 4.99. The summed E-state index contributed by atoms with van der Waals surface area (Å²) in [6.07, 6.45) is 7.49. The Labute approximate surface area is 200 Å². The molecule has 2 aromatic heterocycles. The topological polar surface area (TPSA) is 83.4 Å². The van der Waals surface area contributed by atoms with E-state index in [1.165, 1.54) is 27.4 Å². The maximum atomic E-state index is 13.3. The van der Waals surface area contributed by atoms with E-state index < -0.39 is 17.7 Å². The molecule has 0 radical (unpaired) electrons. The van der Waals surface area contributed by atoms with Crippen molar-refractivity contribution in [2.24, 2.45) is 0 Å². The van der Waals surface area contributed by atoms with Crippen LogP contribution in [0.2, 0.25) is 0 Å².